The first-order chi connectivity index (χ1) is 15.2. The molecule has 5 nitrogen and oxygen atoms in total. The first kappa shape index (κ1) is 22.2. The zero-order valence-corrected chi connectivity index (χ0v) is 19.6. The van der Waals surface area contributed by atoms with Crippen LogP contribution in [0.15, 0.2) is 41.8 Å². The van der Waals surface area contributed by atoms with Gasteiger partial charge in [-0.15, -0.1) is 11.3 Å². The summed E-state index contributed by atoms with van der Waals surface area (Å²) in [5, 5.41) is 5.53. The number of anilines is 1. The number of nitrogens with zero attached hydrogens (tertiary/aromatic N) is 2. The fraction of sp³-hybridized carbons (Fsp3) is 0.560. The van der Waals surface area contributed by atoms with Crippen molar-refractivity contribution in [2.24, 2.45) is 5.92 Å². The number of methoxy groups -OCH3 is 1. The lowest BCUT2D eigenvalue weighted by Crippen LogP contribution is -2.53. The largest absolute Gasteiger partial charge is 0.497 e. The number of carbonyl (C=O) groups excluding carboxylic acids is 1. The molecule has 0 radical (unpaired) electrons. The van der Waals surface area contributed by atoms with Crippen molar-refractivity contribution < 1.29 is 9.53 Å². The summed E-state index contributed by atoms with van der Waals surface area (Å²) in [5.74, 6) is 1.35. The first-order valence-electron chi connectivity index (χ1n) is 11.6. The number of benzene rings is 1. The van der Waals surface area contributed by atoms with Crippen LogP contribution in [0.2, 0.25) is 0 Å². The Labute approximate surface area is 190 Å². The Morgan fingerprint density at radius 3 is 2.39 bits per heavy atom. The van der Waals surface area contributed by atoms with Gasteiger partial charge in [0.05, 0.1) is 13.2 Å². The molecule has 0 spiro atoms. The molecule has 2 aliphatic rings. The zero-order valence-electron chi connectivity index (χ0n) is 18.8. The number of rotatable bonds is 7. The van der Waals surface area contributed by atoms with E-state index in [0.717, 1.165) is 44.8 Å². The maximum Gasteiger partial charge on any atom is 0.223 e. The highest BCUT2D eigenvalue weighted by atomic mass is 32.1. The average molecular weight is 442 g/mol. The number of nitrogens with one attached hydrogen (secondary N) is 1. The molecule has 1 N–H and O–H groups in total. The smallest absolute Gasteiger partial charge is 0.223 e. The van der Waals surface area contributed by atoms with Gasteiger partial charge in [0.2, 0.25) is 5.91 Å². The maximum absolute atomic E-state index is 12.9. The van der Waals surface area contributed by atoms with E-state index in [1.54, 1.807) is 18.4 Å². The Balaban J connectivity index is 1.40. The number of ether oxygens (including phenoxy) is 1. The third-order valence-electron chi connectivity index (χ3n) is 6.80. The predicted octanol–water partition coefficient (Wildman–Crippen LogP) is 4.71. The summed E-state index contributed by atoms with van der Waals surface area (Å²) in [4.78, 5) is 19.2. The standard InChI is InChI=1S/C25H35N3O2S/c1-19(26-25(29)20-7-4-3-5-8-20)24(23-9-6-18-31-23)28-16-14-27(15-17-28)21-10-12-22(30-2)13-11-21/h6,9-13,18-20,24H,3-5,7-8,14-17H2,1-2H3,(H,26,29)/t19-,24+/m0/s1. The van der Waals surface area contributed by atoms with Crippen molar-refractivity contribution in [3.8, 4) is 5.75 Å². The summed E-state index contributed by atoms with van der Waals surface area (Å²) in [5.41, 5.74) is 1.24. The van der Waals surface area contributed by atoms with Gasteiger partial charge < -0.3 is 15.0 Å². The predicted molar refractivity (Wildman–Crippen MR) is 128 cm³/mol. The fourth-order valence-corrected chi connectivity index (χ4v) is 6.00. The molecule has 4 rings (SSSR count). The molecule has 2 fully saturated rings. The highest BCUT2D eigenvalue weighted by Gasteiger charge is 2.32. The highest BCUT2D eigenvalue weighted by molar-refractivity contribution is 7.10. The fourth-order valence-electron chi connectivity index (χ4n) is 5.04. The minimum Gasteiger partial charge on any atom is -0.497 e. The summed E-state index contributed by atoms with van der Waals surface area (Å²) in [7, 11) is 1.70. The van der Waals surface area contributed by atoms with Crippen molar-refractivity contribution in [1.29, 1.82) is 0 Å². The molecule has 1 aliphatic heterocycles. The highest BCUT2D eigenvalue weighted by Crippen LogP contribution is 2.31. The molecule has 31 heavy (non-hydrogen) atoms. The number of thiophene rings is 1. The lowest BCUT2D eigenvalue weighted by atomic mass is 9.88. The van der Waals surface area contributed by atoms with E-state index in [-0.39, 0.29) is 23.9 Å². The van der Waals surface area contributed by atoms with Gasteiger partial charge in [0, 0.05) is 48.7 Å². The SMILES string of the molecule is COc1ccc(N2CCN([C@@H](c3cccs3)[C@H](C)NC(=O)C3CCCCC3)CC2)cc1. The lowest BCUT2D eigenvalue weighted by Gasteiger charge is -2.42. The maximum atomic E-state index is 12.9. The molecule has 1 saturated heterocycles. The molecule has 2 atom stereocenters. The van der Waals surface area contributed by atoms with Gasteiger partial charge >= 0.3 is 0 Å². The van der Waals surface area contributed by atoms with Crippen LogP contribution in [0, 0.1) is 5.92 Å². The Morgan fingerprint density at radius 2 is 1.77 bits per heavy atom. The van der Waals surface area contributed by atoms with Crippen molar-refractivity contribution in [3.63, 3.8) is 0 Å². The van der Waals surface area contributed by atoms with Crippen LogP contribution in [0.25, 0.3) is 0 Å². The van der Waals surface area contributed by atoms with Crippen LogP contribution >= 0.6 is 11.3 Å². The third-order valence-corrected chi connectivity index (χ3v) is 7.74. The minimum atomic E-state index is 0.0978. The molecule has 1 aromatic heterocycles. The van der Waals surface area contributed by atoms with Crippen LogP contribution in [0.4, 0.5) is 5.69 Å². The molecule has 1 amide bonds. The van der Waals surface area contributed by atoms with E-state index in [1.807, 2.05) is 12.1 Å². The van der Waals surface area contributed by atoms with E-state index in [1.165, 1.54) is 29.8 Å². The molecule has 168 valence electrons. The summed E-state index contributed by atoms with van der Waals surface area (Å²) in [6.07, 6.45) is 5.74. The average Bonchev–Trinajstić information content (AvgIpc) is 3.34. The summed E-state index contributed by atoms with van der Waals surface area (Å²) in [6, 6.07) is 13.0. The van der Waals surface area contributed by atoms with Gasteiger partial charge in [0.15, 0.2) is 0 Å². The Kier molecular flexibility index (Phi) is 7.51. The molecule has 0 unspecified atom stereocenters. The van der Waals surface area contributed by atoms with E-state index in [9.17, 15) is 4.79 Å². The van der Waals surface area contributed by atoms with E-state index < -0.39 is 0 Å². The van der Waals surface area contributed by atoms with Crippen LogP contribution < -0.4 is 15.0 Å². The van der Waals surface area contributed by atoms with E-state index in [2.05, 4.69) is 51.7 Å². The van der Waals surface area contributed by atoms with E-state index >= 15 is 0 Å². The monoisotopic (exact) mass is 441 g/mol. The quantitative estimate of drug-likeness (QED) is 0.676. The normalized spacial score (nSPS) is 20.3. The van der Waals surface area contributed by atoms with Crippen LogP contribution in [0.1, 0.15) is 49.9 Å². The summed E-state index contributed by atoms with van der Waals surface area (Å²) in [6.45, 7) is 6.12. The van der Waals surface area contributed by atoms with Crippen molar-refractivity contribution >= 4 is 22.9 Å². The molecular weight excluding hydrogens is 406 g/mol. The van der Waals surface area contributed by atoms with Crippen molar-refractivity contribution in [2.75, 3.05) is 38.2 Å². The summed E-state index contributed by atoms with van der Waals surface area (Å²) >= 11 is 1.80. The van der Waals surface area contributed by atoms with Crippen molar-refractivity contribution in [1.82, 2.24) is 10.2 Å². The van der Waals surface area contributed by atoms with Crippen LogP contribution in [0.5, 0.6) is 5.75 Å². The molecule has 2 heterocycles. The Bertz CT molecular complexity index is 810. The first-order valence-corrected chi connectivity index (χ1v) is 12.5. The molecule has 1 saturated carbocycles. The third kappa shape index (κ3) is 5.42. The molecule has 1 aromatic carbocycles. The summed E-state index contributed by atoms with van der Waals surface area (Å²) < 4.78 is 5.29. The second-order valence-corrected chi connectivity index (χ2v) is 9.79. The van der Waals surface area contributed by atoms with Gasteiger partial charge in [-0.2, -0.15) is 0 Å². The van der Waals surface area contributed by atoms with Gasteiger partial charge in [-0.1, -0.05) is 25.3 Å². The second kappa shape index (κ2) is 10.5. The molecule has 1 aliphatic carbocycles. The van der Waals surface area contributed by atoms with Gasteiger partial charge in [-0.05, 0) is 55.5 Å². The Morgan fingerprint density at radius 1 is 1.06 bits per heavy atom. The van der Waals surface area contributed by atoms with E-state index in [0.29, 0.717) is 0 Å². The topological polar surface area (TPSA) is 44.8 Å². The molecule has 2 aromatic rings. The second-order valence-electron chi connectivity index (χ2n) is 8.81. The minimum absolute atomic E-state index is 0.0978. The van der Waals surface area contributed by atoms with E-state index in [4.69, 9.17) is 4.74 Å². The number of hydrogen-bond donors (Lipinski definition) is 1. The number of carbonyl (C=O) groups is 1. The van der Waals surface area contributed by atoms with Gasteiger partial charge in [0.1, 0.15) is 5.75 Å². The van der Waals surface area contributed by atoms with Gasteiger partial charge in [-0.3, -0.25) is 9.69 Å². The van der Waals surface area contributed by atoms with Crippen LogP contribution in [0.3, 0.4) is 0 Å². The van der Waals surface area contributed by atoms with Crippen molar-refractivity contribution in [2.45, 2.75) is 51.1 Å². The molecular formula is C25H35N3O2S. The van der Waals surface area contributed by atoms with Gasteiger partial charge in [-0.25, -0.2) is 0 Å². The Hall–Kier alpha value is -2.05. The lowest BCUT2D eigenvalue weighted by molar-refractivity contribution is -0.127. The number of amides is 1. The number of piperazine rings is 1. The molecule has 0 bridgehead atoms. The zero-order chi connectivity index (χ0) is 21.6. The van der Waals surface area contributed by atoms with Gasteiger partial charge in [0.25, 0.3) is 0 Å². The van der Waals surface area contributed by atoms with Crippen LogP contribution in [-0.2, 0) is 4.79 Å². The number of hydrogen-bond acceptors (Lipinski definition) is 5. The van der Waals surface area contributed by atoms with Crippen LogP contribution in [-0.4, -0.2) is 50.1 Å². The van der Waals surface area contributed by atoms with Crippen molar-refractivity contribution in [3.05, 3.63) is 46.7 Å². The molecule has 6 heteroatoms.